The van der Waals surface area contributed by atoms with Gasteiger partial charge in [-0.15, -0.1) is 11.3 Å². The summed E-state index contributed by atoms with van der Waals surface area (Å²) in [6.07, 6.45) is 2.25. The van der Waals surface area contributed by atoms with Gasteiger partial charge in [-0.25, -0.2) is 0 Å². The van der Waals surface area contributed by atoms with Crippen molar-refractivity contribution in [3.63, 3.8) is 0 Å². The quantitative estimate of drug-likeness (QED) is 0.719. The number of nitrogens with one attached hydrogen (secondary N) is 1. The molecule has 1 aromatic rings. The average molecular weight is 351 g/mol. The molecule has 0 saturated heterocycles. The van der Waals surface area contributed by atoms with Crippen LogP contribution in [0.3, 0.4) is 0 Å². The van der Waals surface area contributed by atoms with Crippen molar-refractivity contribution in [3.05, 3.63) is 25.3 Å². The molecular formula is C14H21BrClNS. The van der Waals surface area contributed by atoms with Crippen molar-refractivity contribution < 1.29 is 0 Å². The van der Waals surface area contributed by atoms with Gasteiger partial charge in [0.25, 0.3) is 0 Å². The molecule has 0 saturated carbocycles. The third-order valence-electron chi connectivity index (χ3n) is 2.62. The van der Waals surface area contributed by atoms with Gasteiger partial charge in [-0.05, 0) is 46.5 Å². The van der Waals surface area contributed by atoms with E-state index in [1.165, 1.54) is 10.5 Å². The van der Waals surface area contributed by atoms with Gasteiger partial charge in [0.05, 0.1) is 0 Å². The fourth-order valence-corrected chi connectivity index (χ4v) is 3.26. The SMILES string of the molecule is CC(C)CNCC(=Cc1cc(Br)c(Cl)s1)C(C)C. The van der Waals surface area contributed by atoms with Gasteiger partial charge < -0.3 is 5.32 Å². The first-order valence-corrected chi connectivity index (χ1v) is 8.25. The maximum atomic E-state index is 6.07. The van der Waals surface area contributed by atoms with Gasteiger partial charge in [0.15, 0.2) is 0 Å². The molecule has 0 aliphatic carbocycles. The van der Waals surface area contributed by atoms with Gasteiger partial charge >= 0.3 is 0 Å². The van der Waals surface area contributed by atoms with Crippen LogP contribution in [0.15, 0.2) is 16.1 Å². The molecule has 4 heteroatoms. The molecule has 1 aromatic heterocycles. The molecule has 0 aliphatic heterocycles. The van der Waals surface area contributed by atoms with E-state index in [9.17, 15) is 0 Å². The van der Waals surface area contributed by atoms with Crippen LogP contribution in [-0.2, 0) is 0 Å². The summed E-state index contributed by atoms with van der Waals surface area (Å²) >= 11 is 11.1. The van der Waals surface area contributed by atoms with Crippen LogP contribution in [0.5, 0.6) is 0 Å². The molecule has 0 bridgehead atoms. The Hall–Kier alpha value is 0.170. The highest BCUT2D eigenvalue weighted by atomic mass is 79.9. The summed E-state index contributed by atoms with van der Waals surface area (Å²) in [4.78, 5) is 1.21. The number of rotatable bonds is 6. The Kier molecular flexibility index (Phi) is 6.93. The zero-order valence-corrected chi connectivity index (χ0v) is 14.5. The van der Waals surface area contributed by atoms with E-state index in [0.29, 0.717) is 11.8 Å². The minimum atomic E-state index is 0.546. The minimum Gasteiger partial charge on any atom is -0.313 e. The summed E-state index contributed by atoms with van der Waals surface area (Å²) in [5, 5.41) is 3.50. The molecule has 0 aromatic carbocycles. The Morgan fingerprint density at radius 2 is 2.11 bits per heavy atom. The minimum absolute atomic E-state index is 0.546. The number of halogens is 2. The summed E-state index contributed by atoms with van der Waals surface area (Å²) in [7, 11) is 0. The number of thiophene rings is 1. The lowest BCUT2D eigenvalue weighted by molar-refractivity contribution is 0.558. The Morgan fingerprint density at radius 1 is 1.44 bits per heavy atom. The lowest BCUT2D eigenvalue weighted by Gasteiger charge is -2.13. The van der Waals surface area contributed by atoms with Crippen LogP contribution in [-0.4, -0.2) is 13.1 Å². The van der Waals surface area contributed by atoms with Crippen LogP contribution in [0.25, 0.3) is 6.08 Å². The molecule has 0 aliphatic rings. The lowest BCUT2D eigenvalue weighted by Crippen LogP contribution is -2.23. The Bertz CT molecular complexity index is 390. The Balaban J connectivity index is 2.71. The second kappa shape index (κ2) is 7.68. The van der Waals surface area contributed by atoms with Gasteiger partial charge in [-0.1, -0.05) is 44.9 Å². The molecular weight excluding hydrogens is 330 g/mol. The van der Waals surface area contributed by atoms with E-state index < -0.39 is 0 Å². The van der Waals surface area contributed by atoms with Gasteiger partial charge in [0.2, 0.25) is 0 Å². The Labute approximate surface area is 128 Å². The molecule has 0 unspecified atom stereocenters. The van der Waals surface area contributed by atoms with Crippen LogP contribution in [0, 0.1) is 11.8 Å². The van der Waals surface area contributed by atoms with Gasteiger partial charge in [0.1, 0.15) is 4.34 Å². The third kappa shape index (κ3) is 5.43. The second-order valence-corrected chi connectivity index (χ2v) is 7.71. The van der Waals surface area contributed by atoms with Gasteiger partial charge in [0, 0.05) is 15.9 Å². The largest absolute Gasteiger partial charge is 0.313 e. The van der Waals surface area contributed by atoms with Crippen molar-refractivity contribution in [1.82, 2.24) is 5.32 Å². The molecule has 0 fully saturated rings. The van der Waals surface area contributed by atoms with Crippen molar-refractivity contribution in [2.24, 2.45) is 11.8 Å². The first kappa shape index (κ1) is 16.2. The predicted molar refractivity (Wildman–Crippen MR) is 87.6 cm³/mol. The highest BCUT2D eigenvalue weighted by Crippen LogP contribution is 2.33. The molecule has 1 rings (SSSR count). The second-order valence-electron chi connectivity index (χ2n) is 5.17. The fraction of sp³-hybridized carbons (Fsp3) is 0.571. The zero-order chi connectivity index (χ0) is 13.7. The summed E-state index contributed by atoms with van der Waals surface area (Å²) in [5.41, 5.74) is 1.42. The molecule has 0 amide bonds. The monoisotopic (exact) mass is 349 g/mol. The number of hydrogen-bond acceptors (Lipinski definition) is 2. The summed E-state index contributed by atoms with van der Waals surface area (Å²) in [5.74, 6) is 1.23. The first-order chi connectivity index (χ1) is 8.40. The zero-order valence-electron chi connectivity index (χ0n) is 11.4. The lowest BCUT2D eigenvalue weighted by atomic mass is 10.0. The summed E-state index contributed by atoms with van der Waals surface area (Å²) in [6, 6.07) is 2.08. The molecule has 0 atom stereocenters. The van der Waals surface area contributed by atoms with Gasteiger partial charge in [-0.3, -0.25) is 0 Å². The summed E-state index contributed by atoms with van der Waals surface area (Å²) < 4.78 is 1.80. The van der Waals surface area contributed by atoms with Crippen LogP contribution >= 0.6 is 38.9 Å². The topological polar surface area (TPSA) is 12.0 Å². The van der Waals surface area contributed by atoms with Crippen molar-refractivity contribution in [3.8, 4) is 0 Å². The van der Waals surface area contributed by atoms with E-state index in [1.54, 1.807) is 11.3 Å². The molecule has 0 radical (unpaired) electrons. The van der Waals surface area contributed by atoms with E-state index >= 15 is 0 Å². The van der Waals surface area contributed by atoms with Crippen molar-refractivity contribution >= 4 is 44.9 Å². The average Bonchev–Trinajstić information content (AvgIpc) is 2.56. The number of hydrogen-bond donors (Lipinski definition) is 1. The first-order valence-electron chi connectivity index (χ1n) is 6.26. The normalized spacial score (nSPS) is 12.8. The fourth-order valence-electron chi connectivity index (χ4n) is 1.54. The molecule has 1 heterocycles. The third-order valence-corrected chi connectivity index (χ3v) is 5.04. The van der Waals surface area contributed by atoms with Crippen LogP contribution in [0.4, 0.5) is 0 Å². The van der Waals surface area contributed by atoms with Crippen molar-refractivity contribution in [2.45, 2.75) is 27.7 Å². The molecule has 18 heavy (non-hydrogen) atoms. The molecule has 1 N–H and O–H groups in total. The van der Waals surface area contributed by atoms with Crippen molar-refractivity contribution in [1.29, 1.82) is 0 Å². The van der Waals surface area contributed by atoms with E-state index in [4.69, 9.17) is 11.6 Å². The molecule has 1 nitrogen and oxygen atoms in total. The Morgan fingerprint density at radius 3 is 2.56 bits per heavy atom. The van der Waals surface area contributed by atoms with Crippen LogP contribution in [0.2, 0.25) is 4.34 Å². The highest BCUT2D eigenvalue weighted by molar-refractivity contribution is 9.10. The standard InChI is InChI=1S/C14H21BrClNS/c1-9(2)7-17-8-11(10(3)4)5-12-6-13(15)14(16)18-12/h5-6,9-10,17H,7-8H2,1-4H3. The smallest absolute Gasteiger partial charge is 0.108 e. The molecule has 0 spiro atoms. The maximum absolute atomic E-state index is 6.07. The molecule has 102 valence electrons. The highest BCUT2D eigenvalue weighted by Gasteiger charge is 2.07. The van der Waals surface area contributed by atoms with E-state index in [1.807, 2.05) is 0 Å². The van der Waals surface area contributed by atoms with Crippen molar-refractivity contribution in [2.75, 3.05) is 13.1 Å². The summed E-state index contributed by atoms with van der Waals surface area (Å²) in [6.45, 7) is 10.9. The van der Waals surface area contributed by atoms with Gasteiger partial charge in [-0.2, -0.15) is 0 Å². The van der Waals surface area contributed by atoms with Crippen LogP contribution < -0.4 is 5.32 Å². The van der Waals surface area contributed by atoms with E-state index in [0.717, 1.165) is 21.9 Å². The predicted octanol–water partition coefficient (Wildman–Crippen LogP) is 5.45. The maximum Gasteiger partial charge on any atom is 0.108 e. The van der Waals surface area contributed by atoms with E-state index in [2.05, 4.69) is 61.1 Å². The van der Waals surface area contributed by atoms with Crippen LogP contribution in [0.1, 0.15) is 32.6 Å². The van der Waals surface area contributed by atoms with E-state index in [-0.39, 0.29) is 0 Å².